The van der Waals surface area contributed by atoms with E-state index in [0.717, 1.165) is 0 Å². The van der Waals surface area contributed by atoms with E-state index in [2.05, 4.69) is 0 Å². The molecule has 0 spiro atoms. The van der Waals surface area contributed by atoms with Crippen LogP contribution in [0.25, 0.3) is 0 Å². The van der Waals surface area contributed by atoms with E-state index in [1.54, 1.807) is 0 Å². The van der Waals surface area contributed by atoms with Crippen LogP contribution in [0.5, 0.6) is 0 Å². The van der Waals surface area contributed by atoms with E-state index in [1.165, 1.54) is 0 Å². The first kappa shape index (κ1) is 1070. The molecule has 0 aromatic carbocycles. The maximum absolute atomic E-state index is 0. The van der Waals surface area contributed by atoms with Crippen LogP contribution in [0.4, 0.5) is 14.1 Å². The van der Waals surface area contributed by atoms with Crippen LogP contribution in [0.15, 0.2) is 0 Å². The Hall–Kier alpha value is -0.250. The van der Waals surface area contributed by atoms with E-state index in [9.17, 15) is 0 Å². The van der Waals surface area contributed by atoms with Crippen molar-refractivity contribution in [1.29, 1.82) is 0 Å². The summed E-state index contributed by atoms with van der Waals surface area (Å²) < 4.78 is 0. The molecule has 0 saturated heterocycles. The number of halogens is 3. The Kier molecular flexibility index (Phi) is 97000. The van der Waals surface area contributed by atoms with Gasteiger partial charge in [-0.1, -0.05) is 0 Å². The molecule has 0 fully saturated rings. The Bertz CT molecular complexity index is 10.8. The molecule has 0 aliphatic carbocycles. The average Bonchev–Trinajstić information content (AvgIpc) is 0. The van der Waals surface area contributed by atoms with Crippen molar-refractivity contribution in [1.82, 2.24) is 0 Å². The molecule has 0 rings (SSSR count). The van der Waals surface area contributed by atoms with Gasteiger partial charge in [0.25, 0.3) is 0 Å². The van der Waals surface area contributed by atoms with Gasteiger partial charge in [-0.2, -0.15) is 0 Å². The summed E-state index contributed by atoms with van der Waals surface area (Å²) in [7, 11) is 0. The van der Waals surface area contributed by atoms with Gasteiger partial charge in [0.1, 0.15) is 0 Å². The molecule has 0 unspecified atom stereocenters. The van der Waals surface area contributed by atoms with Crippen LogP contribution in [0.2, 0.25) is 0 Å². The smallest absolute Gasteiger partial charge is 2.00 e. The van der Waals surface area contributed by atoms with Gasteiger partial charge in [0, 0.05) is 0 Å². The van der Waals surface area contributed by atoms with Crippen LogP contribution in [-0.4, -0.2) is 0 Å². The van der Waals surface area contributed by atoms with Crippen LogP contribution < -0.4 is 0 Å². The fourth-order valence-corrected chi connectivity index (χ4v) is 0. The second-order valence-electron chi connectivity index (χ2n) is 0. The van der Waals surface area contributed by atoms with Crippen LogP contribution in [0.3, 0.4) is 0 Å². The molecule has 0 aromatic rings. The second-order valence-corrected chi connectivity index (χ2v) is 0. The number of rotatable bonds is 0. The zero-order chi connectivity index (χ0) is 0. The standard InChI is InChI=1S/C.3FH.O/h;3*1H;/q+4;;;;-2/p+1. The maximum atomic E-state index is 0. The Morgan fingerprint density at radius 2 is 0.800 bits per heavy atom. The topological polar surface area (TPSA) is 28.5 Å². The molecule has 0 heterocycles. The third-order valence-electron chi connectivity index (χ3n) is 0. The summed E-state index contributed by atoms with van der Waals surface area (Å²) in [5.74, 6) is 0. The van der Waals surface area contributed by atoms with Gasteiger partial charge < -0.3 is 5.48 Å². The predicted octanol–water partition coefficient (Wildman–Crippen LogP) is 0.532. The molecular weight excluding hydrogens is 85.0 g/mol. The molecule has 0 bridgehead atoms. The molecule has 32 valence electrons. The minimum Gasteiger partial charge on any atom is -2.00 e. The van der Waals surface area contributed by atoms with Crippen molar-refractivity contribution < 1.29 is 21.0 Å². The summed E-state index contributed by atoms with van der Waals surface area (Å²) in [5, 5.41) is 0. The summed E-state index contributed by atoms with van der Waals surface area (Å²) >= 11 is 0. The third kappa shape index (κ3) is 184. The van der Waals surface area contributed by atoms with Gasteiger partial charge in [-0.3, -0.25) is 14.1 Å². The van der Waals surface area contributed by atoms with Gasteiger partial charge in [0.2, 0.25) is 0 Å². The monoisotopic (exact) mass is 89.0 g/mol. The molecule has 0 radical (unpaired) electrons. The van der Waals surface area contributed by atoms with Crippen molar-refractivity contribution in [3.63, 3.8) is 0 Å². The fourth-order valence-electron chi connectivity index (χ4n) is 0. The largest absolute Gasteiger partial charge is 4.00 e. The molecule has 0 amide bonds. The summed E-state index contributed by atoms with van der Waals surface area (Å²) in [4.78, 5) is 0. The third-order valence-corrected chi connectivity index (χ3v) is 0. The minimum absolute atomic E-state index is 0. The van der Waals surface area contributed by atoms with Crippen molar-refractivity contribution in [3.05, 3.63) is 7.43 Å². The van der Waals surface area contributed by atoms with E-state index in [-0.39, 0.29) is 28.4 Å². The van der Waals surface area contributed by atoms with Crippen LogP contribution >= 0.6 is 0 Å². The molecule has 4 heteroatoms. The summed E-state index contributed by atoms with van der Waals surface area (Å²) in [6.07, 6.45) is 0. The van der Waals surface area contributed by atoms with E-state index < -0.39 is 0 Å². The van der Waals surface area contributed by atoms with Crippen molar-refractivity contribution in [2.75, 3.05) is 0 Å². The maximum Gasteiger partial charge on any atom is 4.00 e. The SMILES string of the molecule is F.F.F.[C+4].[H+].[O-2]. The summed E-state index contributed by atoms with van der Waals surface area (Å²) in [5.41, 5.74) is 0. The quantitative estimate of drug-likeness (QED) is 0.414. The van der Waals surface area contributed by atoms with Crippen molar-refractivity contribution in [2.45, 2.75) is 0 Å². The summed E-state index contributed by atoms with van der Waals surface area (Å²) in [6.45, 7) is 0. The second kappa shape index (κ2) is 454. The molecule has 0 atom stereocenters. The molecular formula is CH4F3O+3. The minimum atomic E-state index is 0. The molecule has 0 aromatic heterocycles. The molecule has 0 aliphatic rings. The Labute approximate surface area is 29.9 Å². The van der Waals surface area contributed by atoms with Gasteiger partial charge in [0.15, 0.2) is 0 Å². The van der Waals surface area contributed by atoms with Crippen molar-refractivity contribution in [2.24, 2.45) is 0 Å². The van der Waals surface area contributed by atoms with Gasteiger partial charge in [-0.05, 0) is 0 Å². The summed E-state index contributed by atoms with van der Waals surface area (Å²) in [6, 6.07) is 0. The van der Waals surface area contributed by atoms with E-state index in [1.807, 2.05) is 0 Å². The zero-order valence-corrected chi connectivity index (χ0v) is 2.13. The first-order chi connectivity index (χ1) is 0. The average molecular weight is 89.0 g/mol. The van der Waals surface area contributed by atoms with Gasteiger partial charge in [-0.15, -0.1) is 0 Å². The Morgan fingerprint density at radius 3 is 0.800 bits per heavy atom. The molecule has 1 nitrogen and oxygen atoms in total. The zero-order valence-electron chi connectivity index (χ0n) is 3.13. The fraction of sp³-hybridized carbons (Fsp3) is 0. The van der Waals surface area contributed by atoms with E-state index >= 15 is 0 Å². The Morgan fingerprint density at radius 1 is 0.800 bits per heavy atom. The van der Waals surface area contributed by atoms with Gasteiger partial charge >= 0.3 is 8.85 Å². The van der Waals surface area contributed by atoms with Crippen LogP contribution in [0.1, 0.15) is 1.43 Å². The molecule has 0 saturated carbocycles. The van der Waals surface area contributed by atoms with Crippen LogP contribution in [-0.2, 0) is 5.48 Å². The van der Waals surface area contributed by atoms with Crippen molar-refractivity contribution in [3.8, 4) is 0 Å². The normalized spacial score (nSPS) is 0. The first-order valence-corrected chi connectivity index (χ1v) is 0. The number of hydrogen-bond donors (Lipinski definition) is 0. The van der Waals surface area contributed by atoms with Gasteiger partial charge in [0.05, 0.1) is 0 Å². The first-order valence-electron chi connectivity index (χ1n) is 0. The Balaban J connectivity index is 0. The molecule has 0 N–H and O–H groups in total. The number of hydrogen-bond acceptors (Lipinski definition) is 0. The van der Waals surface area contributed by atoms with Gasteiger partial charge in [-0.25, -0.2) is 0 Å². The molecule has 5 heavy (non-hydrogen) atoms. The van der Waals surface area contributed by atoms with Crippen molar-refractivity contribution >= 4 is 0 Å². The molecule has 0 aliphatic heterocycles. The van der Waals surface area contributed by atoms with E-state index in [0.29, 0.717) is 0 Å². The predicted molar refractivity (Wildman–Crippen MR) is 12.6 cm³/mol. The van der Waals surface area contributed by atoms with Crippen LogP contribution in [0, 0.1) is 7.43 Å². The van der Waals surface area contributed by atoms with E-state index in [4.69, 9.17) is 0 Å².